The van der Waals surface area contributed by atoms with E-state index in [2.05, 4.69) is 39.9 Å². The van der Waals surface area contributed by atoms with Crippen molar-refractivity contribution in [2.45, 2.75) is 70.6 Å². The minimum atomic E-state index is -1.79. The first kappa shape index (κ1) is 19.2. The van der Waals surface area contributed by atoms with Crippen molar-refractivity contribution in [1.82, 2.24) is 4.90 Å². The predicted octanol–water partition coefficient (Wildman–Crippen LogP) is 3.26. The van der Waals surface area contributed by atoms with Gasteiger partial charge in [-0.1, -0.05) is 26.8 Å². The molecule has 6 heteroatoms. The Morgan fingerprint density at radius 3 is 2.62 bits per heavy atom. The fraction of sp³-hybridized carbons (Fsp3) is 0.778. The summed E-state index contributed by atoms with van der Waals surface area (Å²) in [5, 5.41) is 0.170. The molecule has 0 aromatic rings. The highest BCUT2D eigenvalue weighted by atomic mass is 28.4. The van der Waals surface area contributed by atoms with Gasteiger partial charge in [0.1, 0.15) is 5.54 Å². The highest BCUT2D eigenvalue weighted by Gasteiger charge is 2.56. The van der Waals surface area contributed by atoms with Crippen LogP contribution < -0.4 is 0 Å². The molecule has 1 amide bonds. The van der Waals surface area contributed by atoms with E-state index in [9.17, 15) is 9.59 Å². The Morgan fingerprint density at radius 2 is 2.04 bits per heavy atom. The zero-order chi connectivity index (χ0) is 18.2. The van der Waals surface area contributed by atoms with Gasteiger partial charge in [0.15, 0.2) is 8.32 Å². The summed E-state index contributed by atoms with van der Waals surface area (Å²) in [6.45, 7) is 14.3. The van der Waals surface area contributed by atoms with Crippen molar-refractivity contribution in [3.05, 3.63) is 11.6 Å². The SMILES string of the molecule is CCOC(=O)[C@@]12CCC(=O)N1CC(=CCO[Si](C)(C)C(C)(C)C)C2. The molecule has 24 heavy (non-hydrogen) atoms. The lowest BCUT2D eigenvalue weighted by Crippen LogP contribution is -2.48. The van der Waals surface area contributed by atoms with Crippen molar-refractivity contribution in [3.63, 3.8) is 0 Å². The molecule has 0 bridgehead atoms. The average Bonchev–Trinajstić information content (AvgIpc) is 2.97. The normalized spacial score (nSPS) is 26.2. The number of hydrogen-bond acceptors (Lipinski definition) is 4. The summed E-state index contributed by atoms with van der Waals surface area (Å²) < 4.78 is 11.4. The van der Waals surface area contributed by atoms with Crippen molar-refractivity contribution in [2.24, 2.45) is 0 Å². The topological polar surface area (TPSA) is 55.8 Å². The van der Waals surface area contributed by atoms with Crippen LogP contribution in [0.4, 0.5) is 0 Å². The van der Waals surface area contributed by atoms with Crippen molar-refractivity contribution in [1.29, 1.82) is 0 Å². The number of amides is 1. The third kappa shape index (κ3) is 3.45. The monoisotopic (exact) mass is 353 g/mol. The van der Waals surface area contributed by atoms with E-state index in [1.54, 1.807) is 11.8 Å². The molecule has 0 N–H and O–H groups in total. The second-order valence-corrected chi connectivity index (χ2v) is 13.2. The third-order valence-electron chi connectivity index (χ3n) is 5.73. The first-order chi connectivity index (χ1) is 11.0. The van der Waals surface area contributed by atoms with Crippen LogP contribution in [0.3, 0.4) is 0 Å². The van der Waals surface area contributed by atoms with Gasteiger partial charge in [-0.15, -0.1) is 0 Å². The van der Waals surface area contributed by atoms with E-state index < -0.39 is 13.9 Å². The molecule has 2 heterocycles. The van der Waals surface area contributed by atoms with Crippen LogP contribution in [0.1, 0.15) is 47.0 Å². The second kappa shape index (κ2) is 6.63. The van der Waals surface area contributed by atoms with E-state index in [0.29, 0.717) is 39.0 Å². The molecule has 0 aromatic carbocycles. The smallest absolute Gasteiger partial charge is 0.332 e. The molecule has 136 valence electrons. The van der Waals surface area contributed by atoms with Crippen LogP contribution in [-0.4, -0.2) is 50.4 Å². The summed E-state index contributed by atoms with van der Waals surface area (Å²) in [4.78, 5) is 26.3. The summed E-state index contributed by atoms with van der Waals surface area (Å²) in [7, 11) is -1.79. The number of carbonyl (C=O) groups excluding carboxylic acids is 2. The maximum Gasteiger partial charge on any atom is 0.332 e. The molecule has 1 atom stereocenters. The lowest BCUT2D eigenvalue weighted by molar-refractivity contribution is -0.157. The molecule has 0 unspecified atom stereocenters. The average molecular weight is 354 g/mol. The van der Waals surface area contributed by atoms with E-state index in [-0.39, 0.29) is 16.9 Å². The Kier molecular flexibility index (Phi) is 5.30. The molecule has 0 spiro atoms. The Labute approximate surface area is 146 Å². The maximum atomic E-state index is 12.4. The zero-order valence-electron chi connectivity index (χ0n) is 15.9. The lowest BCUT2D eigenvalue weighted by Gasteiger charge is -2.35. The van der Waals surface area contributed by atoms with Gasteiger partial charge in [0.05, 0.1) is 13.2 Å². The van der Waals surface area contributed by atoms with E-state index >= 15 is 0 Å². The second-order valence-electron chi connectivity index (χ2n) is 8.34. The summed E-state index contributed by atoms with van der Waals surface area (Å²) in [6, 6.07) is 0. The highest BCUT2D eigenvalue weighted by molar-refractivity contribution is 6.74. The Bertz CT molecular complexity index is 550. The van der Waals surface area contributed by atoms with Crippen LogP contribution in [0, 0.1) is 0 Å². The standard InChI is InChI=1S/C18H31NO4Si/c1-7-22-16(21)18-10-8-15(20)19(18)13-14(12-18)9-11-23-24(5,6)17(2,3)4/h9H,7-8,10-13H2,1-6H3/t18-/m0/s1. The number of ether oxygens (including phenoxy) is 1. The van der Waals surface area contributed by atoms with Crippen LogP contribution in [0.15, 0.2) is 11.6 Å². The fourth-order valence-corrected chi connectivity index (χ4v) is 4.08. The van der Waals surface area contributed by atoms with Crippen molar-refractivity contribution in [2.75, 3.05) is 19.8 Å². The summed E-state index contributed by atoms with van der Waals surface area (Å²) >= 11 is 0. The van der Waals surface area contributed by atoms with Crippen molar-refractivity contribution in [3.8, 4) is 0 Å². The van der Waals surface area contributed by atoms with Crippen LogP contribution in [0.5, 0.6) is 0 Å². The molecule has 2 rings (SSSR count). The van der Waals surface area contributed by atoms with E-state index in [1.807, 2.05) is 0 Å². The Balaban J connectivity index is 2.07. The van der Waals surface area contributed by atoms with Gasteiger partial charge in [-0.2, -0.15) is 0 Å². The molecule has 2 fully saturated rings. The van der Waals surface area contributed by atoms with Gasteiger partial charge in [-0.25, -0.2) is 4.79 Å². The van der Waals surface area contributed by atoms with Crippen LogP contribution >= 0.6 is 0 Å². The Hall–Kier alpha value is -1.14. The highest BCUT2D eigenvalue weighted by Crippen LogP contribution is 2.43. The van der Waals surface area contributed by atoms with Gasteiger partial charge in [-0.05, 0) is 37.0 Å². The molecule has 2 aliphatic rings. The minimum Gasteiger partial charge on any atom is -0.464 e. The Morgan fingerprint density at radius 1 is 1.38 bits per heavy atom. The molecule has 2 saturated heterocycles. The molecule has 0 aromatic heterocycles. The largest absolute Gasteiger partial charge is 0.464 e. The van der Waals surface area contributed by atoms with Crippen LogP contribution in [0.2, 0.25) is 18.1 Å². The number of carbonyl (C=O) groups is 2. The fourth-order valence-electron chi connectivity index (χ4n) is 3.15. The van der Waals surface area contributed by atoms with E-state index in [1.165, 1.54) is 0 Å². The predicted molar refractivity (Wildman–Crippen MR) is 96.2 cm³/mol. The van der Waals surface area contributed by atoms with Crippen LogP contribution in [-0.2, 0) is 18.8 Å². The van der Waals surface area contributed by atoms with E-state index in [0.717, 1.165) is 5.57 Å². The first-order valence-electron chi connectivity index (χ1n) is 8.83. The summed E-state index contributed by atoms with van der Waals surface area (Å²) in [5.41, 5.74) is 0.338. The van der Waals surface area contributed by atoms with Gasteiger partial charge in [0.25, 0.3) is 0 Å². The summed E-state index contributed by atoms with van der Waals surface area (Å²) in [5.74, 6) is -0.207. The lowest BCUT2D eigenvalue weighted by atomic mass is 9.92. The van der Waals surface area contributed by atoms with Gasteiger partial charge in [0.2, 0.25) is 5.91 Å². The number of nitrogens with zero attached hydrogens (tertiary/aromatic N) is 1. The quantitative estimate of drug-likeness (QED) is 0.432. The van der Waals surface area contributed by atoms with E-state index in [4.69, 9.17) is 9.16 Å². The minimum absolute atomic E-state index is 0.0526. The first-order valence-corrected chi connectivity index (χ1v) is 11.7. The number of fused-ring (bicyclic) bond motifs is 1. The zero-order valence-corrected chi connectivity index (χ0v) is 16.9. The third-order valence-corrected chi connectivity index (χ3v) is 10.2. The van der Waals surface area contributed by atoms with Crippen molar-refractivity contribution < 1.29 is 18.8 Å². The molecule has 0 radical (unpaired) electrons. The number of rotatable bonds is 5. The summed E-state index contributed by atoms with van der Waals surface area (Å²) in [6.07, 6.45) is 3.64. The van der Waals surface area contributed by atoms with Gasteiger partial charge in [-0.3, -0.25) is 4.79 Å². The van der Waals surface area contributed by atoms with Gasteiger partial charge < -0.3 is 14.1 Å². The van der Waals surface area contributed by atoms with Gasteiger partial charge in [0, 0.05) is 19.4 Å². The molecule has 2 aliphatic heterocycles. The molecule has 0 saturated carbocycles. The molecule has 0 aliphatic carbocycles. The molecular weight excluding hydrogens is 322 g/mol. The van der Waals surface area contributed by atoms with Crippen molar-refractivity contribution >= 4 is 20.2 Å². The number of esters is 1. The van der Waals surface area contributed by atoms with Crippen LogP contribution in [0.25, 0.3) is 0 Å². The number of hydrogen-bond donors (Lipinski definition) is 0. The molecular formula is C18H31NO4Si. The maximum absolute atomic E-state index is 12.4. The molecule has 5 nitrogen and oxygen atoms in total. The van der Waals surface area contributed by atoms with Gasteiger partial charge >= 0.3 is 5.97 Å².